The van der Waals surface area contributed by atoms with E-state index in [1.165, 1.54) is 43.8 Å². The van der Waals surface area contributed by atoms with Gasteiger partial charge in [0, 0.05) is 94.8 Å². The Morgan fingerprint density at radius 2 is 1.24 bits per heavy atom. The van der Waals surface area contributed by atoms with Crippen molar-refractivity contribution in [3.63, 3.8) is 0 Å². The number of carbonyl (C=O) groups excluding carboxylic acids is 2. The second kappa shape index (κ2) is 48.1. The van der Waals surface area contributed by atoms with E-state index in [9.17, 15) is 47.3 Å². The third-order valence-corrected chi connectivity index (χ3v) is 25.0. The summed E-state index contributed by atoms with van der Waals surface area (Å²) in [5, 5.41) is 56.5. The number of aromatic nitrogens is 5. The standard InChI is InChI=1S/C33H35FN2O5.C27H29N5O6S.C18H19ClN4.C15H12Cl2O2.C15H12N2O/c1-21(2)31-30(33(41)35-25-11-7-4-8-12-25)29(22-9-5-3-6-10-22)32(23-13-15-24(34)16-14-23)36(31)18-17-26(37)19-27(38)20-28(39)40;1-27(2,3)18-10-12-19(13-11-18)39(34,35)32-23-22(38-21-9-6-5-8-20(21)36-4)26(37-17-16-33)31-25(30-23)24-28-14-7-15-29-24;1-22-8-10-23(11-9-22)18-14-4-2-3-5-15(14)20-16-7-6-13(19)12-17(16)21-18;16-13-6-3-7-14(17)12(13)8-10-4-1-2-5-11(10)9-15(18)19;16-15(18)17-13-7-3-1-5-11(13)9-10-12-6-2-4-8-14(12)17/h3-16,21,26-27,37-38H,17-20H2,1-2H3,(H,35,41)(H,39,40);5-15,33H,16-17H2,1-4H3,(H,30,31,32);2-7,12,20H,8-11H2,1H3;1-7H,8-9H2,(H,18,19);1-10H,(H2,16,18)/t26-,27-;;;;/m1..../s1. The van der Waals surface area contributed by atoms with Crippen molar-refractivity contribution in [3.05, 3.63) is 356 Å². The molecule has 3 amide bonds. The predicted octanol–water partition coefficient (Wildman–Crippen LogP) is 21.8. The number of nitrogens with zero attached hydrogens (tertiary/aromatic N) is 9. The molecule has 32 heteroatoms. The Bertz CT molecular complexity index is 6790. The number of aliphatic hydroxyl groups is 3. The lowest BCUT2D eigenvalue weighted by molar-refractivity contribution is -0.139. The molecule has 3 aromatic heterocycles. The van der Waals surface area contributed by atoms with Crippen molar-refractivity contribution in [2.45, 2.75) is 102 Å². The maximum absolute atomic E-state index is 14.0. The Hall–Kier alpha value is -14.7. The summed E-state index contributed by atoms with van der Waals surface area (Å²) < 4.78 is 62.6. The SMILES string of the molecule is CC(C)c1c(C(=O)Nc2ccccc2)c(-c2ccccc2)c(-c2ccc(F)cc2)n1CC[C@@H](O)C[C@@H](O)CC(=O)O.CN1CCN(C2=Nc3cc(Cl)ccc3Nc3ccccc32)CC1.COc1ccccc1Oc1c(NS(=O)(=O)c2ccc(C(C)(C)C)cc2)nc(-c2ncccn2)nc1OCCO.NC(=O)N1c2ccccc2C=Cc2ccccc21.O=C(O)Cc1ccccc1Cc1c(Cl)cccc1Cl. The quantitative estimate of drug-likeness (QED) is 0.0243. The minimum Gasteiger partial charge on any atom is -0.493 e. The van der Waals surface area contributed by atoms with Crippen LogP contribution in [0.15, 0.2) is 295 Å². The van der Waals surface area contributed by atoms with E-state index in [2.05, 4.69) is 70.3 Å². The molecule has 140 heavy (non-hydrogen) atoms. The van der Waals surface area contributed by atoms with Crippen LogP contribution in [0.5, 0.6) is 23.1 Å². The number of halogens is 4. The fraction of sp³-hybridized carbons (Fsp3) is 0.213. The maximum atomic E-state index is 14.0. The minimum absolute atomic E-state index is 0.00174. The zero-order valence-corrected chi connectivity index (χ0v) is 81.0. The van der Waals surface area contributed by atoms with Crippen LogP contribution in [-0.2, 0) is 44.4 Å². The third-order valence-electron chi connectivity index (χ3n) is 22.7. The first-order valence-corrected chi connectivity index (χ1v) is 47.7. The monoisotopic (exact) mass is 1970 g/mol. The first kappa shape index (κ1) is 103. The number of aliphatic carboxylic acids is 2. The molecule has 27 nitrogen and oxygen atoms in total. The number of ether oxygens (including phenoxy) is 3. The number of primary amides is 1. The van der Waals surface area contributed by atoms with Crippen LogP contribution in [0, 0.1) is 5.82 Å². The van der Waals surface area contributed by atoms with E-state index in [4.69, 9.17) is 70.0 Å². The van der Waals surface area contributed by atoms with Gasteiger partial charge in [0.1, 0.15) is 18.3 Å². The number of amides is 3. The molecule has 0 saturated carbocycles. The van der Waals surface area contributed by atoms with Crippen LogP contribution in [0.25, 0.3) is 46.2 Å². The number of carbonyl (C=O) groups is 4. The Morgan fingerprint density at radius 3 is 1.85 bits per heavy atom. The molecule has 0 spiro atoms. The molecule has 6 heterocycles. The van der Waals surface area contributed by atoms with Crippen molar-refractivity contribution >= 4 is 127 Å². The lowest BCUT2D eigenvalue weighted by Gasteiger charge is -2.34. The number of benzene rings is 11. The molecule has 14 aromatic rings. The molecule has 0 aliphatic carbocycles. The number of sulfonamides is 1. The van der Waals surface area contributed by atoms with Crippen molar-refractivity contribution in [1.29, 1.82) is 0 Å². The summed E-state index contributed by atoms with van der Waals surface area (Å²) in [5.74, 6) is -1.48. The van der Waals surface area contributed by atoms with Gasteiger partial charge in [-0.3, -0.25) is 24.0 Å². The highest BCUT2D eigenvalue weighted by molar-refractivity contribution is 7.92. The summed E-state index contributed by atoms with van der Waals surface area (Å²) in [7, 11) is -0.501. The number of hydrogen-bond donors (Lipinski definition) is 9. The summed E-state index contributed by atoms with van der Waals surface area (Å²) >= 11 is 18.4. The normalized spacial score (nSPS) is 12.9. The van der Waals surface area contributed by atoms with Crippen molar-refractivity contribution < 1.29 is 71.7 Å². The number of urea groups is 1. The highest BCUT2D eigenvalue weighted by Gasteiger charge is 2.34. The number of nitrogens with two attached hydrogens (primary N) is 1. The molecule has 722 valence electrons. The Kier molecular flexibility index (Phi) is 35.3. The third kappa shape index (κ3) is 26.8. The molecule has 1 saturated heterocycles. The van der Waals surface area contributed by atoms with Gasteiger partial charge >= 0.3 is 18.0 Å². The number of carboxylic acids is 2. The van der Waals surface area contributed by atoms with Crippen LogP contribution in [-0.4, -0.2) is 164 Å². The number of piperazine rings is 1. The van der Waals surface area contributed by atoms with Crippen LogP contribution >= 0.6 is 34.8 Å². The van der Waals surface area contributed by atoms with Gasteiger partial charge in [-0.15, -0.1) is 0 Å². The molecule has 3 aliphatic heterocycles. The first-order chi connectivity index (χ1) is 67.3. The average molecular weight is 1970 g/mol. The van der Waals surface area contributed by atoms with Crippen LogP contribution in [0.1, 0.15) is 115 Å². The second-order valence-corrected chi connectivity index (χ2v) is 37.1. The van der Waals surface area contributed by atoms with E-state index in [-0.39, 0.29) is 102 Å². The molecule has 1 fully saturated rings. The molecule has 0 bridgehead atoms. The Labute approximate surface area is 827 Å². The highest BCUT2D eigenvalue weighted by Crippen LogP contribution is 2.46. The van der Waals surface area contributed by atoms with Crippen molar-refractivity contribution in [2.24, 2.45) is 10.7 Å². The van der Waals surface area contributed by atoms with Gasteiger partial charge in [0.2, 0.25) is 11.6 Å². The van der Waals surface area contributed by atoms with E-state index in [1.54, 1.807) is 77.7 Å². The van der Waals surface area contributed by atoms with Gasteiger partial charge in [0.05, 0.1) is 77.7 Å². The summed E-state index contributed by atoms with van der Waals surface area (Å²) in [6.45, 7) is 14.0. The average Bonchev–Trinajstić information content (AvgIpc) is 1.58. The summed E-state index contributed by atoms with van der Waals surface area (Å²) in [6, 6.07) is 81.6. The van der Waals surface area contributed by atoms with Gasteiger partial charge in [-0.2, -0.15) is 4.98 Å². The Balaban J connectivity index is 0.000000153. The van der Waals surface area contributed by atoms with E-state index in [0.717, 1.165) is 111 Å². The van der Waals surface area contributed by atoms with Crippen LogP contribution in [0.4, 0.5) is 49.1 Å². The smallest absolute Gasteiger partial charge is 0.323 e. The molecule has 2 atom stereocenters. The number of methoxy groups -OCH3 is 1. The summed E-state index contributed by atoms with van der Waals surface area (Å²) in [6.07, 6.45) is 5.01. The number of aliphatic imine (C=N–C) groups is 1. The summed E-state index contributed by atoms with van der Waals surface area (Å²) in [4.78, 5) is 76.0. The molecule has 0 unspecified atom stereocenters. The van der Waals surface area contributed by atoms with Gasteiger partial charge in [0.15, 0.2) is 23.1 Å². The van der Waals surface area contributed by atoms with Gasteiger partial charge in [-0.1, -0.05) is 233 Å². The number of amidine groups is 1. The Morgan fingerprint density at radius 1 is 0.636 bits per heavy atom. The molecule has 3 aliphatic rings. The van der Waals surface area contributed by atoms with Gasteiger partial charge in [0.25, 0.3) is 21.8 Å². The number of likely N-dealkylation sites (N-methyl/N-ethyl adjacent to an activating group) is 1. The number of aliphatic hydroxyl groups excluding tert-OH is 3. The number of anilines is 6. The zero-order chi connectivity index (χ0) is 99.7. The van der Waals surface area contributed by atoms with E-state index in [1.807, 2.05) is 209 Å². The van der Waals surface area contributed by atoms with E-state index < -0.39 is 46.6 Å². The first-order valence-electron chi connectivity index (χ1n) is 45.1. The molecule has 0 radical (unpaired) electrons. The number of carboxylic acid groups (broad SMARTS) is 2. The number of para-hydroxylation sites is 6. The van der Waals surface area contributed by atoms with Gasteiger partial charge in [-0.05, 0) is 197 Å². The number of hydrogen-bond acceptors (Lipinski definition) is 20. The number of fused-ring (bicyclic) bond motifs is 4. The molecular formula is C108H107Cl3FN13O14S. The van der Waals surface area contributed by atoms with Crippen molar-refractivity contribution in [1.82, 2.24) is 34.3 Å². The predicted molar refractivity (Wildman–Crippen MR) is 549 cm³/mol. The highest BCUT2D eigenvalue weighted by atomic mass is 35.5. The maximum Gasteiger partial charge on any atom is 0.323 e. The summed E-state index contributed by atoms with van der Waals surface area (Å²) in [5.41, 5.74) is 21.4. The zero-order valence-electron chi connectivity index (χ0n) is 77.9. The van der Waals surface area contributed by atoms with E-state index in [0.29, 0.717) is 55.3 Å². The fourth-order valence-corrected chi connectivity index (χ4v) is 17.6. The largest absolute Gasteiger partial charge is 0.493 e. The van der Waals surface area contributed by atoms with Gasteiger partial charge < -0.3 is 70.5 Å². The second-order valence-electron chi connectivity index (χ2n) is 34.1. The number of rotatable bonds is 26. The lowest BCUT2D eigenvalue weighted by Crippen LogP contribution is -2.47. The molecule has 10 N–H and O–H groups in total. The number of nitrogens with one attached hydrogen (secondary N) is 3. The van der Waals surface area contributed by atoms with Crippen LogP contribution in [0.3, 0.4) is 0 Å². The van der Waals surface area contributed by atoms with E-state index >= 15 is 0 Å². The lowest BCUT2D eigenvalue weighted by atomic mass is 9.87. The minimum atomic E-state index is -4.14. The molecular weight excluding hydrogens is 1860 g/mol. The van der Waals surface area contributed by atoms with Crippen molar-refractivity contribution in [3.8, 4) is 57.2 Å². The van der Waals surface area contributed by atoms with Crippen LogP contribution < -0.4 is 40.2 Å². The van der Waals surface area contributed by atoms with Crippen LogP contribution in [0.2, 0.25) is 15.1 Å². The molecule has 11 aromatic carbocycles. The topological polar surface area (TPSA) is 372 Å². The molecule has 17 rings (SSSR count). The van der Waals surface area contributed by atoms with Gasteiger partial charge in [-0.25, -0.2) is 37.5 Å². The fourth-order valence-electron chi connectivity index (χ4n) is 15.9. The van der Waals surface area contributed by atoms with Crippen molar-refractivity contribution in [2.75, 3.05) is 73.8 Å².